The molecule has 1 aromatic rings. The number of likely N-dealkylation sites (N-methyl/N-ethyl adjacent to an activating group) is 1. The summed E-state index contributed by atoms with van der Waals surface area (Å²) in [4.78, 5) is 9.31. The molecule has 2 rings (SSSR count). The number of nitrogens with one attached hydrogen (secondary N) is 2. The lowest BCUT2D eigenvalue weighted by atomic mass is 10.1. The van der Waals surface area contributed by atoms with Crippen molar-refractivity contribution in [2.75, 3.05) is 53.4 Å². The van der Waals surface area contributed by atoms with Gasteiger partial charge in [0.05, 0.1) is 6.10 Å². The monoisotopic (exact) mass is 389 g/mol. The zero-order chi connectivity index (χ0) is 20.4. The maximum atomic E-state index is 6.11. The average molecular weight is 390 g/mol. The van der Waals surface area contributed by atoms with Gasteiger partial charge in [0.25, 0.3) is 0 Å². The Bertz CT molecular complexity index is 619. The third-order valence-corrected chi connectivity index (χ3v) is 5.33. The third kappa shape index (κ3) is 7.68. The summed E-state index contributed by atoms with van der Waals surface area (Å²) in [7, 11) is 4.03. The van der Waals surface area contributed by atoms with Gasteiger partial charge in [-0.05, 0) is 58.5 Å². The molecule has 0 saturated carbocycles. The van der Waals surface area contributed by atoms with Crippen LogP contribution in [0.3, 0.4) is 0 Å². The van der Waals surface area contributed by atoms with Gasteiger partial charge in [0.15, 0.2) is 5.96 Å². The van der Waals surface area contributed by atoms with Crippen molar-refractivity contribution in [3.05, 3.63) is 29.3 Å². The van der Waals surface area contributed by atoms with Gasteiger partial charge in [-0.1, -0.05) is 19.1 Å². The van der Waals surface area contributed by atoms with Crippen LogP contribution in [0.2, 0.25) is 0 Å². The minimum atomic E-state index is 0.214. The van der Waals surface area contributed by atoms with E-state index in [1.54, 1.807) is 0 Å². The molecule has 1 aliphatic heterocycles. The second-order valence-electron chi connectivity index (χ2n) is 7.80. The predicted octanol–water partition coefficient (Wildman–Crippen LogP) is 2.47. The highest BCUT2D eigenvalue weighted by molar-refractivity contribution is 5.79. The summed E-state index contributed by atoms with van der Waals surface area (Å²) in [5.41, 5.74) is 2.37. The first-order valence-corrected chi connectivity index (χ1v) is 10.6. The number of aryl methyl sites for hydroxylation is 1. The summed E-state index contributed by atoms with van der Waals surface area (Å²) in [5, 5.41) is 6.87. The van der Waals surface area contributed by atoms with E-state index in [-0.39, 0.29) is 6.10 Å². The maximum absolute atomic E-state index is 6.11. The summed E-state index contributed by atoms with van der Waals surface area (Å²) < 4.78 is 6.11. The fourth-order valence-corrected chi connectivity index (χ4v) is 3.27. The smallest absolute Gasteiger partial charge is 0.191 e. The Hall–Kier alpha value is -1.79. The largest absolute Gasteiger partial charge is 0.490 e. The minimum absolute atomic E-state index is 0.214. The van der Waals surface area contributed by atoms with Gasteiger partial charge in [0.1, 0.15) is 5.75 Å². The normalized spacial score (nSPS) is 17.8. The Balaban J connectivity index is 1.82. The van der Waals surface area contributed by atoms with E-state index >= 15 is 0 Å². The SMILES string of the molecule is CCC(C)Oc1cc(C)ccc1CNC(=NC)NCCN1CCCN(C)CC1. The lowest BCUT2D eigenvalue weighted by Gasteiger charge is -2.21. The molecule has 1 atom stereocenters. The molecule has 1 aliphatic rings. The summed E-state index contributed by atoms with van der Waals surface area (Å²) in [6, 6.07) is 6.39. The lowest BCUT2D eigenvalue weighted by Crippen LogP contribution is -2.42. The number of ether oxygens (including phenoxy) is 1. The van der Waals surface area contributed by atoms with Crippen molar-refractivity contribution in [1.82, 2.24) is 20.4 Å². The molecule has 1 heterocycles. The van der Waals surface area contributed by atoms with Gasteiger partial charge in [-0.25, -0.2) is 0 Å². The van der Waals surface area contributed by atoms with Gasteiger partial charge in [0, 0.05) is 45.3 Å². The number of nitrogens with zero attached hydrogens (tertiary/aromatic N) is 3. The van der Waals surface area contributed by atoms with Crippen molar-refractivity contribution in [3.8, 4) is 5.75 Å². The van der Waals surface area contributed by atoms with Gasteiger partial charge in [-0.2, -0.15) is 0 Å². The van der Waals surface area contributed by atoms with Gasteiger partial charge < -0.3 is 25.2 Å². The first kappa shape index (κ1) is 22.5. The number of rotatable bonds is 8. The summed E-state index contributed by atoms with van der Waals surface area (Å²) in [6.45, 7) is 13.7. The van der Waals surface area contributed by atoms with Gasteiger partial charge in [-0.3, -0.25) is 4.99 Å². The highest BCUT2D eigenvalue weighted by Crippen LogP contribution is 2.22. The van der Waals surface area contributed by atoms with Crippen LogP contribution in [0.25, 0.3) is 0 Å². The molecule has 1 fully saturated rings. The van der Waals surface area contributed by atoms with Crippen LogP contribution in [0.4, 0.5) is 0 Å². The molecule has 0 amide bonds. The summed E-state index contributed by atoms with van der Waals surface area (Å²) in [5.74, 6) is 1.80. The van der Waals surface area contributed by atoms with Gasteiger partial charge >= 0.3 is 0 Å². The topological polar surface area (TPSA) is 52.1 Å². The van der Waals surface area contributed by atoms with E-state index in [1.165, 1.54) is 25.1 Å². The first-order valence-electron chi connectivity index (χ1n) is 10.6. The zero-order valence-corrected chi connectivity index (χ0v) is 18.4. The zero-order valence-electron chi connectivity index (χ0n) is 18.4. The first-order chi connectivity index (χ1) is 13.5. The molecule has 1 saturated heterocycles. The fourth-order valence-electron chi connectivity index (χ4n) is 3.27. The summed E-state index contributed by atoms with van der Waals surface area (Å²) >= 11 is 0. The van der Waals surface area contributed by atoms with Crippen LogP contribution in [-0.2, 0) is 6.54 Å². The molecule has 2 N–H and O–H groups in total. The Labute approximate surface area is 171 Å². The molecule has 0 radical (unpaired) electrons. The van der Waals surface area contributed by atoms with Crippen LogP contribution in [0.15, 0.2) is 23.2 Å². The molecule has 6 heteroatoms. The molecule has 28 heavy (non-hydrogen) atoms. The highest BCUT2D eigenvalue weighted by atomic mass is 16.5. The van der Waals surface area contributed by atoms with Crippen LogP contribution in [0.5, 0.6) is 5.75 Å². The Morgan fingerprint density at radius 1 is 1.21 bits per heavy atom. The number of hydrogen-bond donors (Lipinski definition) is 2. The van der Waals surface area contributed by atoms with Crippen LogP contribution in [0.1, 0.15) is 37.8 Å². The van der Waals surface area contributed by atoms with Crippen molar-refractivity contribution >= 4 is 5.96 Å². The van der Waals surface area contributed by atoms with Gasteiger partial charge in [0.2, 0.25) is 0 Å². The molecule has 0 aliphatic carbocycles. The van der Waals surface area contributed by atoms with Crippen molar-refractivity contribution in [1.29, 1.82) is 0 Å². The van der Waals surface area contributed by atoms with Crippen LogP contribution in [-0.4, -0.2) is 75.2 Å². The van der Waals surface area contributed by atoms with E-state index in [9.17, 15) is 0 Å². The van der Waals surface area contributed by atoms with Crippen LogP contribution >= 0.6 is 0 Å². The number of hydrogen-bond acceptors (Lipinski definition) is 4. The highest BCUT2D eigenvalue weighted by Gasteiger charge is 2.12. The molecule has 0 aromatic heterocycles. The van der Waals surface area contributed by atoms with Crippen molar-refractivity contribution in [3.63, 3.8) is 0 Å². The van der Waals surface area contributed by atoms with E-state index in [0.29, 0.717) is 6.54 Å². The Kier molecular flexibility index (Phi) is 9.58. The Morgan fingerprint density at radius 2 is 2.04 bits per heavy atom. The minimum Gasteiger partial charge on any atom is -0.490 e. The second-order valence-corrected chi connectivity index (χ2v) is 7.80. The number of guanidine groups is 1. The average Bonchev–Trinajstić information content (AvgIpc) is 2.89. The van der Waals surface area contributed by atoms with Crippen molar-refractivity contribution in [2.45, 2.75) is 46.3 Å². The maximum Gasteiger partial charge on any atom is 0.191 e. The van der Waals surface area contributed by atoms with Crippen LogP contribution < -0.4 is 15.4 Å². The van der Waals surface area contributed by atoms with E-state index < -0.39 is 0 Å². The fraction of sp³-hybridized carbons (Fsp3) is 0.682. The van der Waals surface area contributed by atoms with Crippen molar-refractivity contribution < 1.29 is 4.74 Å². The molecular formula is C22H39N5O. The van der Waals surface area contributed by atoms with E-state index in [1.807, 2.05) is 7.05 Å². The molecule has 0 spiro atoms. The number of benzene rings is 1. The molecule has 158 valence electrons. The lowest BCUT2D eigenvalue weighted by molar-refractivity contribution is 0.215. The molecule has 1 unspecified atom stereocenters. The quantitative estimate of drug-likeness (QED) is 0.528. The standard InChI is InChI=1S/C22H39N5O/c1-6-19(3)28-21-16-18(2)8-9-20(21)17-25-22(23-4)24-10-13-27-12-7-11-26(5)14-15-27/h8-9,16,19H,6-7,10-15,17H2,1-5H3,(H2,23,24,25). The summed E-state index contributed by atoms with van der Waals surface area (Å²) in [6.07, 6.45) is 2.46. The molecular weight excluding hydrogens is 350 g/mol. The molecule has 6 nitrogen and oxygen atoms in total. The number of aliphatic imine (C=N–C) groups is 1. The van der Waals surface area contributed by atoms with E-state index in [4.69, 9.17) is 4.74 Å². The third-order valence-electron chi connectivity index (χ3n) is 5.33. The second kappa shape index (κ2) is 11.9. The Morgan fingerprint density at radius 3 is 2.79 bits per heavy atom. The predicted molar refractivity (Wildman–Crippen MR) is 118 cm³/mol. The van der Waals surface area contributed by atoms with E-state index in [2.05, 4.69) is 71.4 Å². The molecule has 0 bridgehead atoms. The van der Waals surface area contributed by atoms with Crippen molar-refractivity contribution in [2.24, 2.45) is 4.99 Å². The van der Waals surface area contributed by atoms with Crippen LogP contribution in [0, 0.1) is 6.92 Å². The van der Waals surface area contributed by atoms with Gasteiger partial charge in [-0.15, -0.1) is 0 Å². The molecule has 1 aromatic carbocycles. The van der Waals surface area contributed by atoms with E-state index in [0.717, 1.165) is 49.9 Å².